The van der Waals surface area contributed by atoms with Gasteiger partial charge in [0.1, 0.15) is 18.7 Å². The molecular formula is C27H30F3N5O4. The SMILES string of the molecule is COc1cc2c(Nc3ccc(C=CC(=O)NCC(F)(F)F)cc3)ncnc2cc1OCCCN1CCOCC1. The number of fused-ring (bicyclic) bond motifs is 1. The summed E-state index contributed by atoms with van der Waals surface area (Å²) in [7, 11) is 1.58. The summed E-state index contributed by atoms with van der Waals surface area (Å²) in [6.07, 6.45) is 0.366. The summed E-state index contributed by atoms with van der Waals surface area (Å²) in [5, 5.41) is 5.77. The van der Waals surface area contributed by atoms with Crippen LogP contribution in [0.5, 0.6) is 11.5 Å². The molecule has 0 atom stereocenters. The van der Waals surface area contributed by atoms with Crippen LogP contribution in [0.4, 0.5) is 24.7 Å². The van der Waals surface area contributed by atoms with Gasteiger partial charge in [-0.3, -0.25) is 9.69 Å². The Morgan fingerprint density at radius 1 is 1.13 bits per heavy atom. The third-order valence-electron chi connectivity index (χ3n) is 5.96. The van der Waals surface area contributed by atoms with Gasteiger partial charge in [0, 0.05) is 42.9 Å². The lowest BCUT2D eigenvalue weighted by atomic mass is 10.1. The second-order valence-corrected chi connectivity index (χ2v) is 8.81. The number of carbonyl (C=O) groups is 1. The van der Waals surface area contributed by atoms with Crippen molar-refractivity contribution in [3.63, 3.8) is 0 Å². The van der Waals surface area contributed by atoms with Gasteiger partial charge < -0.3 is 24.8 Å². The maximum atomic E-state index is 12.2. The standard InChI is InChI=1S/C27H30F3N5O4/c1-37-23-15-21-22(16-24(23)39-12-2-9-35-10-13-38-14-11-35)32-18-33-26(21)34-20-6-3-19(4-7-20)5-8-25(36)31-17-27(28,29)30/h3-8,15-16,18H,2,9-14,17H2,1H3,(H,31,36)(H,32,33,34). The average molecular weight is 546 g/mol. The second kappa shape index (κ2) is 13.3. The molecule has 2 N–H and O–H groups in total. The molecule has 0 radical (unpaired) electrons. The first-order chi connectivity index (χ1) is 18.8. The van der Waals surface area contributed by atoms with E-state index in [-0.39, 0.29) is 0 Å². The van der Waals surface area contributed by atoms with E-state index >= 15 is 0 Å². The highest BCUT2D eigenvalue weighted by Gasteiger charge is 2.27. The Bertz CT molecular complexity index is 1280. The number of nitrogens with zero attached hydrogens (tertiary/aromatic N) is 3. The molecule has 4 rings (SSSR count). The Labute approximate surface area is 224 Å². The highest BCUT2D eigenvalue weighted by Crippen LogP contribution is 2.34. The zero-order valence-corrected chi connectivity index (χ0v) is 21.5. The third kappa shape index (κ3) is 8.55. The van der Waals surface area contributed by atoms with Crippen molar-refractivity contribution < 1.29 is 32.2 Å². The Morgan fingerprint density at radius 2 is 1.90 bits per heavy atom. The van der Waals surface area contributed by atoms with Gasteiger partial charge in [0.05, 0.1) is 32.4 Å². The monoisotopic (exact) mass is 545 g/mol. The quantitative estimate of drug-likeness (QED) is 0.274. The Balaban J connectivity index is 1.38. The van der Waals surface area contributed by atoms with Gasteiger partial charge in [-0.1, -0.05) is 12.1 Å². The molecule has 2 heterocycles. The highest BCUT2D eigenvalue weighted by molar-refractivity contribution is 5.93. The van der Waals surface area contributed by atoms with E-state index in [1.165, 1.54) is 12.4 Å². The first-order valence-electron chi connectivity index (χ1n) is 12.5. The lowest BCUT2D eigenvalue weighted by molar-refractivity contribution is -0.135. The fourth-order valence-corrected chi connectivity index (χ4v) is 3.96. The van der Waals surface area contributed by atoms with Crippen LogP contribution < -0.4 is 20.1 Å². The smallest absolute Gasteiger partial charge is 0.405 e. The predicted molar refractivity (Wildman–Crippen MR) is 141 cm³/mol. The molecule has 12 heteroatoms. The highest BCUT2D eigenvalue weighted by atomic mass is 19.4. The number of methoxy groups -OCH3 is 1. The van der Waals surface area contributed by atoms with Gasteiger partial charge >= 0.3 is 6.18 Å². The number of amides is 1. The summed E-state index contributed by atoms with van der Waals surface area (Å²) in [5.74, 6) is 0.909. The average Bonchev–Trinajstić information content (AvgIpc) is 2.94. The van der Waals surface area contributed by atoms with E-state index in [0.29, 0.717) is 35.0 Å². The van der Waals surface area contributed by atoms with Gasteiger partial charge in [0.2, 0.25) is 5.91 Å². The minimum atomic E-state index is -4.45. The summed E-state index contributed by atoms with van der Waals surface area (Å²) in [4.78, 5) is 22.7. The minimum absolute atomic E-state index is 0.542. The lowest BCUT2D eigenvalue weighted by Crippen LogP contribution is -2.37. The molecule has 0 spiro atoms. The second-order valence-electron chi connectivity index (χ2n) is 8.81. The number of halogens is 3. The Morgan fingerprint density at radius 3 is 2.62 bits per heavy atom. The van der Waals surface area contributed by atoms with Crippen LogP contribution in [-0.2, 0) is 9.53 Å². The molecule has 1 aliphatic heterocycles. The van der Waals surface area contributed by atoms with Crippen LogP contribution >= 0.6 is 0 Å². The van der Waals surface area contributed by atoms with E-state index < -0.39 is 18.6 Å². The molecule has 1 saturated heterocycles. The minimum Gasteiger partial charge on any atom is -0.493 e. The van der Waals surface area contributed by atoms with E-state index in [4.69, 9.17) is 14.2 Å². The van der Waals surface area contributed by atoms with Gasteiger partial charge in [-0.05, 0) is 36.3 Å². The van der Waals surface area contributed by atoms with Crippen molar-refractivity contribution in [1.82, 2.24) is 20.2 Å². The number of carbonyl (C=O) groups excluding carboxylic acids is 1. The van der Waals surface area contributed by atoms with Crippen LogP contribution in [0.2, 0.25) is 0 Å². The number of rotatable bonds is 11. The Hall–Kier alpha value is -3.90. The van der Waals surface area contributed by atoms with Crippen LogP contribution in [0, 0.1) is 0 Å². The lowest BCUT2D eigenvalue weighted by Gasteiger charge is -2.26. The maximum absolute atomic E-state index is 12.2. The maximum Gasteiger partial charge on any atom is 0.405 e. The third-order valence-corrected chi connectivity index (χ3v) is 5.96. The predicted octanol–water partition coefficient (Wildman–Crippen LogP) is 4.17. The van der Waals surface area contributed by atoms with E-state index in [9.17, 15) is 18.0 Å². The molecule has 0 saturated carbocycles. The van der Waals surface area contributed by atoms with Crippen molar-refractivity contribution in [3.05, 3.63) is 54.4 Å². The van der Waals surface area contributed by atoms with Crippen molar-refractivity contribution in [1.29, 1.82) is 0 Å². The molecule has 0 bridgehead atoms. The first-order valence-corrected chi connectivity index (χ1v) is 12.5. The summed E-state index contributed by atoms with van der Waals surface area (Å²) in [6.45, 7) is 3.52. The van der Waals surface area contributed by atoms with Crippen LogP contribution in [-0.4, -0.2) is 80.1 Å². The van der Waals surface area contributed by atoms with Crippen molar-refractivity contribution in [3.8, 4) is 11.5 Å². The van der Waals surface area contributed by atoms with Crippen LogP contribution in [0.15, 0.2) is 48.8 Å². The number of aromatic nitrogens is 2. The molecule has 0 unspecified atom stereocenters. The van der Waals surface area contributed by atoms with Crippen LogP contribution in [0.3, 0.4) is 0 Å². The van der Waals surface area contributed by atoms with E-state index in [1.807, 2.05) is 12.1 Å². The molecule has 39 heavy (non-hydrogen) atoms. The van der Waals surface area contributed by atoms with Gasteiger partial charge in [-0.15, -0.1) is 0 Å². The number of alkyl halides is 3. The molecule has 1 fully saturated rings. The Kier molecular flexibility index (Phi) is 9.55. The molecular weight excluding hydrogens is 515 g/mol. The van der Waals surface area contributed by atoms with Crippen LogP contribution in [0.25, 0.3) is 17.0 Å². The van der Waals surface area contributed by atoms with Crippen molar-refractivity contribution in [2.45, 2.75) is 12.6 Å². The van der Waals surface area contributed by atoms with Crippen molar-refractivity contribution >= 4 is 34.4 Å². The molecule has 1 aromatic heterocycles. The van der Waals surface area contributed by atoms with Gasteiger partial charge in [-0.25, -0.2) is 9.97 Å². The number of anilines is 2. The number of benzene rings is 2. The van der Waals surface area contributed by atoms with Gasteiger partial charge in [-0.2, -0.15) is 13.2 Å². The van der Waals surface area contributed by atoms with Gasteiger partial charge in [0.15, 0.2) is 11.5 Å². The fourth-order valence-electron chi connectivity index (χ4n) is 3.96. The number of hydrogen-bond acceptors (Lipinski definition) is 8. The molecule has 0 aliphatic carbocycles. The zero-order valence-electron chi connectivity index (χ0n) is 21.5. The largest absolute Gasteiger partial charge is 0.493 e. The zero-order chi connectivity index (χ0) is 27.7. The van der Waals surface area contributed by atoms with E-state index in [0.717, 1.165) is 56.4 Å². The number of morpholine rings is 1. The molecule has 1 aliphatic rings. The normalized spacial score (nSPS) is 14.5. The van der Waals surface area contributed by atoms with Crippen LogP contribution in [0.1, 0.15) is 12.0 Å². The number of nitrogens with one attached hydrogen (secondary N) is 2. The van der Waals surface area contributed by atoms with Crippen molar-refractivity contribution in [2.75, 3.05) is 58.4 Å². The topological polar surface area (TPSA) is 97.8 Å². The summed E-state index contributed by atoms with van der Waals surface area (Å²) in [5.41, 5.74) is 2.05. The summed E-state index contributed by atoms with van der Waals surface area (Å²) < 4.78 is 53.6. The molecule has 2 aromatic carbocycles. The number of hydrogen-bond donors (Lipinski definition) is 2. The fraction of sp³-hybridized carbons (Fsp3) is 0.370. The van der Waals surface area contributed by atoms with E-state index in [2.05, 4.69) is 20.2 Å². The summed E-state index contributed by atoms with van der Waals surface area (Å²) >= 11 is 0. The number of ether oxygens (including phenoxy) is 3. The molecule has 208 valence electrons. The summed E-state index contributed by atoms with van der Waals surface area (Å²) in [6, 6.07) is 10.6. The molecule has 9 nitrogen and oxygen atoms in total. The van der Waals surface area contributed by atoms with E-state index in [1.54, 1.807) is 36.7 Å². The molecule has 3 aromatic rings. The van der Waals surface area contributed by atoms with Gasteiger partial charge in [0.25, 0.3) is 0 Å². The van der Waals surface area contributed by atoms with Crippen molar-refractivity contribution in [2.24, 2.45) is 0 Å². The molecule has 1 amide bonds. The first kappa shape index (κ1) is 28.1.